The van der Waals surface area contributed by atoms with Gasteiger partial charge in [-0.15, -0.1) is 0 Å². The summed E-state index contributed by atoms with van der Waals surface area (Å²) in [4.78, 5) is 52.1. The maximum Gasteiger partial charge on any atom is 0.410 e. The maximum absolute atomic E-state index is 12.8. The lowest BCUT2D eigenvalue weighted by Crippen LogP contribution is -2.44. The fourth-order valence-electron chi connectivity index (χ4n) is 6.17. The zero-order valence-corrected chi connectivity index (χ0v) is 32.7. The van der Waals surface area contributed by atoms with Gasteiger partial charge in [0, 0.05) is 19.5 Å². The summed E-state index contributed by atoms with van der Waals surface area (Å²) >= 11 is 0. The van der Waals surface area contributed by atoms with Crippen LogP contribution in [0.4, 0.5) is 9.59 Å². The highest BCUT2D eigenvalue weighted by molar-refractivity contribution is 5.75. The molecule has 0 radical (unpaired) electrons. The molecule has 4 rings (SSSR count). The standard InChI is InChI=1S/C21H31NO6.C18H25NO5.2CH4/c1-13(2)27-19(23)12-16-15-11-18(26-7)17(25-6)10-14(15)8-9-22(16)20(24)28-21(3,4)5;1-18(2,3)24-17(21)19-8-6-12-10-15(22-4)16(23-5)11-13(12)14(19)7-9-20;;/h10-11,13,16H,8-9,12H2,1-7H3;9-11,14H,6-8H2,1-5H3;2*1H4/t16-;14-;;/m11../s1. The highest BCUT2D eigenvalue weighted by atomic mass is 16.6. The van der Waals surface area contributed by atoms with Crippen LogP contribution >= 0.6 is 0 Å². The number of hydrogen-bond acceptors (Lipinski definition) is 11. The first-order valence-electron chi connectivity index (χ1n) is 17.5. The van der Waals surface area contributed by atoms with Gasteiger partial charge in [0.1, 0.15) is 17.5 Å². The summed E-state index contributed by atoms with van der Waals surface area (Å²) < 4.78 is 37.9. The summed E-state index contributed by atoms with van der Waals surface area (Å²) in [5, 5.41) is 0. The molecular weight excluding hydrogens is 696 g/mol. The van der Waals surface area contributed by atoms with Crippen LogP contribution in [-0.4, -0.2) is 93.1 Å². The largest absolute Gasteiger partial charge is 0.493 e. The number of benzene rings is 2. The van der Waals surface area contributed by atoms with E-state index >= 15 is 0 Å². The maximum atomic E-state index is 12.8. The van der Waals surface area contributed by atoms with Crippen molar-refractivity contribution in [2.24, 2.45) is 0 Å². The molecule has 0 N–H and O–H groups in total. The van der Waals surface area contributed by atoms with Crippen LogP contribution in [0.3, 0.4) is 0 Å². The minimum atomic E-state index is -0.627. The van der Waals surface area contributed by atoms with Crippen LogP contribution in [0.2, 0.25) is 0 Å². The highest BCUT2D eigenvalue weighted by Gasteiger charge is 2.37. The lowest BCUT2D eigenvalue weighted by molar-refractivity contribution is -0.148. The zero-order valence-electron chi connectivity index (χ0n) is 32.7. The summed E-state index contributed by atoms with van der Waals surface area (Å²) in [6, 6.07) is 6.64. The average Bonchev–Trinajstić information content (AvgIpc) is 3.05. The molecule has 2 amide bonds. The fourth-order valence-corrected chi connectivity index (χ4v) is 6.17. The smallest absolute Gasteiger partial charge is 0.410 e. The van der Waals surface area contributed by atoms with Gasteiger partial charge >= 0.3 is 18.2 Å². The van der Waals surface area contributed by atoms with Crippen molar-refractivity contribution in [1.82, 2.24) is 9.80 Å². The highest BCUT2D eigenvalue weighted by Crippen LogP contribution is 2.41. The molecule has 304 valence electrons. The SMILES string of the molecule is C.C.COc1cc2c(cc1OC)[C@@H](CC(=O)OC(C)C)N(C(=O)OC(C)(C)C)CC2.COc1cc2c(cc1OC)[C@@H](CC=O)N(C(=O)OC(C)(C)C)CC2. The van der Waals surface area contributed by atoms with E-state index < -0.39 is 29.4 Å². The lowest BCUT2D eigenvalue weighted by atomic mass is 9.90. The van der Waals surface area contributed by atoms with E-state index in [0.29, 0.717) is 48.9 Å². The predicted molar refractivity (Wildman–Crippen MR) is 208 cm³/mol. The van der Waals surface area contributed by atoms with Crippen molar-refractivity contribution in [1.29, 1.82) is 0 Å². The van der Waals surface area contributed by atoms with E-state index in [4.69, 9.17) is 33.2 Å². The van der Waals surface area contributed by atoms with E-state index in [2.05, 4.69) is 0 Å². The van der Waals surface area contributed by atoms with E-state index in [1.165, 1.54) is 0 Å². The fraction of sp³-hybridized carbons (Fsp3) is 0.610. The molecule has 0 aromatic heterocycles. The topological polar surface area (TPSA) is 139 Å². The third-order valence-electron chi connectivity index (χ3n) is 8.31. The molecule has 2 aliphatic rings. The molecule has 0 unspecified atom stereocenters. The second kappa shape index (κ2) is 20.1. The average molecular weight is 761 g/mol. The first-order chi connectivity index (χ1) is 24.4. The molecule has 0 spiro atoms. The molecule has 2 aromatic rings. The first-order valence-corrected chi connectivity index (χ1v) is 17.5. The van der Waals surface area contributed by atoms with E-state index in [1.54, 1.807) is 52.1 Å². The number of carbonyl (C=O) groups excluding carboxylic acids is 4. The first kappa shape index (κ1) is 47.3. The third kappa shape index (κ3) is 12.4. The molecule has 0 saturated carbocycles. The number of amides is 2. The Balaban J connectivity index is 0.000000526. The molecule has 2 heterocycles. The Labute approximate surface area is 322 Å². The van der Waals surface area contributed by atoms with Crippen LogP contribution in [0, 0.1) is 0 Å². The Morgan fingerprint density at radius 3 is 1.41 bits per heavy atom. The van der Waals surface area contributed by atoms with E-state index in [-0.39, 0.29) is 45.8 Å². The summed E-state index contributed by atoms with van der Waals surface area (Å²) in [7, 11) is 6.29. The lowest BCUT2D eigenvalue weighted by Gasteiger charge is -2.38. The molecule has 0 aliphatic carbocycles. The van der Waals surface area contributed by atoms with Crippen LogP contribution in [0.1, 0.15) is 117 Å². The van der Waals surface area contributed by atoms with Crippen molar-refractivity contribution in [2.75, 3.05) is 41.5 Å². The molecular formula is C41H64N2O11. The Hall–Kier alpha value is -4.68. The van der Waals surface area contributed by atoms with Gasteiger partial charge in [-0.3, -0.25) is 4.79 Å². The van der Waals surface area contributed by atoms with Gasteiger partial charge in [0.05, 0.1) is 53.0 Å². The summed E-state index contributed by atoms with van der Waals surface area (Å²) in [5.74, 6) is 2.03. The number of hydrogen-bond donors (Lipinski definition) is 0. The van der Waals surface area contributed by atoms with Crippen molar-refractivity contribution < 1.29 is 52.3 Å². The molecule has 54 heavy (non-hydrogen) atoms. The minimum absolute atomic E-state index is 0. The van der Waals surface area contributed by atoms with Crippen molar-refractivity contribution >= 4 is 24.4 Å². The van der Waals surface area contributed by atoms with Gasteiger partial charge in [0.15, 0.2) is 23.0 Å². The van der Waals surface area contributed by atoms with Crippen LogP contribution < -0.4 is 18.9 Å². The number of esters is 1. The predicted octanol–water partition coefficient (Wildman–Crippen LogP) is 8.28. The van der Waals surface area contributed by atoms with Crippen LogP contribution in [0.25, 0.3) is 0 Å². The van der Waals surface area contributed by atoms with Crippen molar-refractivity contribution in [3.8, 4) is 23.0 Å². The second-order valence-corrected chi connectivity index (χ2v) is 14.8. The third-order valence-corrected chi connectivity index (χ3v) is 8.31. The molecule has 0 bridgehead atoms. The van der Waals surface area contributed by atoms with Crippen molar-refractivity contribution in [2.45, 2.75) is 125 Å². The van der Waals surface area contributed by atoms with E-state index in [9.17, 15) is 19.2 Å². The van der Waals surface area contributed by atoms with E-state index in [0.717, 1.165) is 28.5 Å². The van der Waals surface area contributed by atoms with Crippen LogP contribution in [0.15, 0.2) is 24.3 Å². The van der Waals surface area contributed by atoms with Gasteiger partial charge in [0.2, 0.25) is 0 Å². The molecule has 13 nitrogen and oxygen atoms in total. The molecule has 0 fully saturated rings. The molecule has 2 aromatic carbocycles. The number of fused-ring (bicyclic) bond motifs is 2. The van der Waals surface area contributed by atoms with Crippen LogP contribution in [0.5, 0.6) is 23.0 Å². The molecule has 0 saturated heterocycles. The Morgan fingerprint density at radius 2 is 1.06 bits per heavy atom. The number of aldehydes is 1. The number of nitrogens with zero attached hydrogens (tertiary/aromatic N) is 2. The van der Waals surface area contributed by atoms with Gasteiger partial charge in [0.25, 0.3) is 0 Å². The van der Waals surface area contributed by atoms with Gasteiger partial charge < -0.3 is 47.8 Å². The number of ether oxygens (including phenoxy) is 7. The van der Waals surface area contributed by atoms with Gasteiger partial charge in [-0.1, -0.05) is 14.9 Å². The number of methoxy groups -OCH3 is 4. The van der Waals surface area contributed by atoms with Gasteiger partial charge in [-0.2, -0.15) is 0 Å². The quantitative estimate of drug-likeness (QED) is 0.139. The number of rotatable bonds is 9. The van der Waals surface area contributed by atoms with Gasteiger partial charge in [-0.25, -0.2) is 9.59 Å². The van der Waals surface area contributed by atoms with Crippen molar-refractivity contribution in [3.05, 3.63) is 46.5 Å². The second-order valence-electron chi connectivity index (χ2n) is 14.8. The number of carbonyl (C=O) groups is 4. The van der Waals surface area contributed by atoms with Crippen molar-refractivity contribution in [3.63, 3.8) is 0 Å². The van der Waals surface area contributed by atoms with Gasteiger partial charge in [-0.05, 0) is 115 Å². The normalized spacial score (nSPS) is 16.1. The summed E-state index contributed by atoms with van der Waals surface area (Å²) in [6.45, 7) is 15.5. The zero-order chi connectivity index (χ0) is 39.0. The van der Waals surface area contributed by atoms with E-state index in [1.807, 2.05) is 65.8 Å². The summed E-state index contributed by atoms with van der Waals surface area (Å²) in [5.41, 5.74) is 2.60. The van der Waals surface area contributed by atoms with Crippen LogP contribution in [-0.2, 0) is 36.6 Å². The summed E-state index contributed by atoms with van der Waals surface area (Å²) in [6.07, 6.45) is 1.30. The minimum Gasteiger partial charge on any atom is -0.493 e. The Morgan fingerprint density at radius 1 is 0.685 bits per heavy atom. The monoisotopic (exact) mass is 760 g/mol. The Bertz CT molecular complexity index is 1580. The molecule has 2 atom stereocenters. The molecule has 2 aliphatic heterocycles. The Kier molecular flexibility index (Phi) is 17.6. The molecule has 13 heteroatoms.